The summed E-state index contributed by atoms with van der Waals surface area (Å²) in [6.07, 6.45) is -5.26. The van der Waals surface area contributed by atoms with Crippen LogP contribution in [0.25, 0.3) is 0 Å². The molecule has 1 aromatic carbocycles. The zero-order valence-electron chi connectivity index (χ0n) is 15.5. The van der Waals surface area contributed by atoms with Gasteiger partial charge >= 0.3 is 6.18 Å². The molecule has 0 aliphatic carbocycles. The minimum atomic E-state index is -4.47. The summed E-state index contributed by atoms with van der Waals surface area (Å²) in [5.74, 6) is 0.363. The first-order chi connectivity index (χ1) is 14.6. The van der Waals surface area contributed by atoms with Crippen LogP contribution in [0.15, 0.2) is 48.9 Å². The Morgan fingerprint density at radius 1 is 1.00 bits per heavy atom. The van der Waals surface area contributed by atoms with Crippen molar-refractivity contribution in [1.29, 1.82) is 0 Å². The van der Waals surface area contributed by atoms with Gasteiger partial charge in [0.15, 0.2) is 5.82 Å². The highest BCUT2D eigenvalue weighted by Gasteiger charge is 2.30. The Labute approximate surface area is 183 Å². The van der Waals surface area contributed by atoms with Gasteiger partial charge in [0.25, 0.3) is 6.43 Å². The molecular weight excluding hydrogens is 466 g/mol. The van der Waals surface area contributed by atoms with E-state index < -0.39 is 23.9 Å². The largest absolute Gasteiger partial charge is 0.439 e. The average Bonchev–Trinajstić information content (AvgIpc) is 2.72. The van der Waals surface area contributed by atoms with Gasteiger partial charge in [0.2, 0.25) is 5.88 Å². The van der Waals surface area contributed by atoms with E-state index in [-0.39, 0.29) is 23.3 Å². The van der Waals surface area contributed by atoms with E-state index in [2.05, 4.69) is 15.0 Å². The van der Waals surface area contributed by atoms with Gasteiger partial charge in [-0.15, -0.1) is 0 Å². The first-order valence-corrected chi connectivity index (χ1v) is 9.38. The van der Waals surface area contributed by atoms with Crippen LogP contribution < -0.4 is 9.16 Å². The van der Waals surface area contributed by atoms with E-state index in [0.717, 1.165) is 28.4 Å². The van der Waals surface area contributed by atoms with E-state index in [0.29, 0.717) is 18.4 Å². The molecule has 31 heavy (non-hydrogen) atoms. The second kappa shape index (κ2) is 9.61. The summed E-state index contributed by atoms with van der Waals surface area (Å²) in [7, 11) is 0. The second-order valence-electron chi connectivity index (χ2n) is 6.16. The summed E-state index contributed by atoms with van der Waals surface area (Å²) in [6, 6.07) is 8.66. The van der Waals surface area contributed by atoms with Crippen LogP contribution in [-0.2, 0) is 12.6 Å². The number of rotatable bonds is 7. The summed E-state index contributed by atoms with van der Waals surface area (Å²) in [5.41, 5.74) is -0.640. The molecule has 2 heterocycles. The van der Waals surface area contributed by atoms with Crippen molar-refractivity contribution in [1.82, 2.24) is 15.0 Å². The quantitative estimate of drug-likeness (QED) is 0.287. The molecule has 0 atom stereocenters. The Balaban J connectivity index is 1.59. The van der Waals surface area contributed by atoms with Gasteiger partial charge in [-0.3, -0.25) is 4.42 Å². The van der Waals surface area contributed by atoms with Crippen molar-refractivity contribution in [2.45, 2.75) is 19.0 Å². The third-order valence-corrected chi connectivity index (χ3v) is 4.73. The van der Waals surface area contributed by atoms with Gasteiger partial charge in [0, 0.05) is 30.6 Å². The van der Waals surface area contributed by atoms with Crippen LogP contribution in [0.1, 0.15) is 23.2 Å². The zero-order chi connectivity index (χ0) is 22.6. The molecule has 0 saturated heterocycles. The molecular formula is C19H13Cl2F5N4O. The fourth-order valence-electron chi connectivity index (χ4n) is 2.48. The van der Waals surface area contributed by atoms with Crippen molar-refractivity contribution < 1.29 is 26.7 Å². The maximum Gasteiger partial charge on any atom is 0.417 e. The van der Waals surface area contributed by atoms with Gasteiger partial charge in [-0.05, 0) is 30.2 Å². The normalized spacial score (nSPS) is 11.6. The summed E-state index contributed by atoms with van der Waals surface area (Å²) >= 11 is 12.0. The molecule has 0 spiro atoms. The van der Waals surface area contributed by atoms with Gasteiger partial charge in [-0.2, -0.15) is 13.2 Å². The van der Waals surface area contributed by atoms with Crippen LogP contribution in [0, 0.1) is 0 Å². The smallest absolute Gasteiger partial charge is 0.417 e. The van der Waals surface area contributed by atoms with Crippen LogP contribution in [0.5, 0.6) is 11.6 Å². The molecule has 3 rings (SSSR count). The standard InChI is InChI=1S/C19H13Cl2F5N4O/c20-15-16(17(22)23)28-10-29-18(15)30(21)8-7-11-1-4-13(5-2-11)31-14-6-3-12(9-27-14)19(24,25)26/h1-6,9-10,17H,7-8H2. The van der Waals surface area contributed by atoms with E-state index in [1.807, 2.05) is 0 Å². The number of pyridine rings is 1. The number of ether oxygens (including phenoxy) is 1. The number of hydrogen-bond donors (Lipinski definition) is 0. The van der Waals surface area contributed by atoms with Crippen molar-refractivity contribution in [2.75, 3.05) is 11.0 Å². The number of halogens is 7. The minimum Gasteiger partial charge on any atom is -0.439 e. The van der Waals surface area contributed by atoms with Crippen LogP contribution in [-0.4, -0.2) is 21.5 Å². The van der Waals surface area contributed by atoms with Crippen molar-refractivity contribution in [3.8, 4) is 11.6 Å². The highest BCUT2D eigenvalue weighted by atomic mass is 35.5. The third-order valence-electron chi connectivity index (χ3n) is 4.04. The molecule has 164 valence electrons. The van der Waals surface area contributed by atoms with E-state index in [9.17, 15) is 22.0 Å². The summed E-state index contributed by atoms with van der Waals surface area (Å²) in [4.78, 5) is 10.9. The summed E-state index contributed by atoms with van der Waals surface area (Å²) in [6.45, 7) is 0.210. The van der Waals surface area contributed by atoms with Crippen molar-refractivity contribution in [2.24, 2.45) is 0 Å². The van der Waals surface area contributed by atoms with Crippen molar-refractivity contribution in [3.05, 3.63) is 70.8 Å². The molecule has 2 aromatic heterocycles. The predicted octanol–water partition coefficient (Wildman–Crippen LogP) is 6.48. The lowest BCUT2D eigenvalue weighted by Gasteiger charge is -2.17. The second-order valence-corrected chi connectivity index (χ2v) is 6.95. The van der Waals surface area contributed by atoms with Gasteiger partial charge in [-0.25, -0.2) is 23.7 Å². The van der Waals surface area contributed by atoms with E-state index in [1.165, 1.54) is 0 Å². The minimum absolute atomic E-state index is 0.0147. The number of alkyl halides is 5. The van der Waals surface area contributed by atoms with Crippen molar-refractivity contribution >= 4 is 29.2 Å². The number of anilines is 1. The maximum atomic E-state index is 12.9. The summed E-state index contributed by atoms with van der Waals surface area (Å²) < 4.78 is 70.0. The number of aromatic nitrogens is 3. The molecule has 0 unspecified atom stereocenters. The molecule has 0 radical (unpaired) electrons. The molecule has 0 saturated carbocycles. The zero-order valence-corrected chi connectivity index (χ0v) is 17.0. The van der Waals surface area contributed by atoms with E-state index >= 15 is 0 Å². The predicted molar refractivity (Wildman–Crippen MR) is 105 cm³/mol. The Morgan fingerprint density at radius 3 is 2.29 bits per heavy atom. The third kappa shape index (κ3) is 5.92. The lowest BCUT2D eigenvalue weighted by atomic mass is 10.1. The Bertz CT molecular complexity index is 1020. The first-order valence-electron chi connectivity index (χ1n) is 8.67. The Morgan fingerprint density at radius 2 is 1.71 bits per heavy atom. The monoisotopic (exact) mass is 478 g/mol. The van der Waals surface area contributed by atoms with Gasteiger partial charge in [0.1, 0.15) is 22.8 Å². The first kappa shape index (κ1) is 23.0. The highest BCUT2D eigenvalue weighted by Crippen LogP contribution is 2.33. The fourth-order valence-corrected chi connectivity index (χ4v) is 3.02. The molecule has 0 N–H and O–H groups in total. The Hall–Kier alpha value is -2.72. The van der Waals surface area contributed by atoms with Gasteiger partial charge in [0.05, 0.1) is 5.56 Å². The SMILES string of the molecule is FC(F)c1ncnc(N(Cl)CCc2ccc(Oc3ccc(C(F)(F)F)cn3)cc2)c1Cl. The molecule has 0 aliphatic rings. The van der Waals surface area contributed by atoms with Crippen LogP contribution >= 0.6 is 23.4 Å². The van der Waals surface area contributed by atoms with Crippen LogP contribution in [0.4, 0.5) is 27.8 Å². The number of benzene rings is 1. The van der Waals surface area contributed by atoms with E-state index in [1.54, 1.807) is 24.3 Å². The molecule has 0 bridgehead atoms. The molecule has 12 heteroatoms. The molecule has 0 amide bonds. The average molecular weight is 479 g/mol. The molecule has 5 nitrogen and oxygen atoms in total. The molecule has 0 aliphatic heterocycles. The highest BCUT2D eigenvalue weighted by molar-refractivity contribution is 6.36. The summed E-state index contributed by atoms with van der Waals surface area (Å²) in [5, 5.41) is -0.319. The Kier molecular flexibility index (Phi) is 7.11. The topological polar surface area (TPSA) is 51.1 Å². The van der Waals surface area contributed by atoms with Crippen LogP contribution in [0.2, 0.25) is 5.02 Å². The molecule has 0 fully saturated rings. The van der Waals surface area contributed by atoms with Crippen LogP contribution in [0.3, 0.4) is 0 Å². The van der Waals surface area contributed by atoms with Gasteiger partial charge < -0.3 is 4.74 Å². The fraction of sp³-hybridized carbons (Fsp3) is 0.211. The number of hydrogen-bond acceptors (Lipinski definition) is 5. The van der Waals surface area contributed by atoms with Gasteiger partial charge in [-0.1, -0.05) is 23.7 Å². The molecule has 3 aromatic rings. The maximum absolute atomic E-state index is 12.9. The van der Waals surface area contributed by atoms with E-state index in [4.69, 9.17) is 28.1 Å². The lowest BCUT2D eigenvalue weighted by molar-refractivity contribution is -0.137. The lowest BCUT2D eigenvalue weighted by Crippen LogP contribution is -2.17. The van der Waals surface area contributed by atoms with Crippen molar-refractivity contribution in [3.63, 3.8) is 0 Å². The number of nitrogens with zero attached hydrogens (tertiary/aromatic N) is 4.